The maximum Gasteiger partial charge on any atom is 0.323 e. The van der Waals surface area contributed by atoms with Gasteiger partial charge in [0.05, 0.1) is 0 Å². The third-order valence-corrected chi connectivity index (χ3v) is 5.89. The number of carboxylic acids is 1. The summed E-state index contributed by atoms with van der Waals surface area (Å²) in [5.74, 6) is -1.03. The predicted octanol–water partition coefficient (Wildman–Crippen LogP) is 1.98. The van der Waals surface area contributed by atoms with Gasteiger partial charge in [0.15, 0.2) is 0 Å². The molecule has 0 aromatic heterocycles. The fourth-order valence-corrected chi connectivity index (χ4v) is 4.37. The van der Waals surface area contributed by atoms with Gasteiger partial charge in [-0.15, -0.1) is 0 Å². The fraction of sp³-hybridized carbons (Fsp3) is 0.391. The van der Waals surface area contributed by atoms with Crippen molar-refractivity contribution < 1.29 is 14.7 Å². The minimum absolute atomic E-state index is 0.200. The first-order valence-electron chi connectivity index (χ1n) is 10.4. The second-order valence-corrected chi connectivity index (χ2v) is 8.05. The molecule has 2 aromatic carbocycles. The molecule has 30 heavy (non-hydrogen) atoms. The first kappa shape index (κ1) is 20.4. The maximum atomic E-state index is 12.4. The maximum absolute atomic E-state index is 12.4. The molecule has 2 N–H and O–H groups in total. The van der Waals surface area contributed by atoms with Gasteiger partial charge in [-0.1, -0.05) is 54.6 Å². The topological polar surface area (TPSA) is 76.1 Å². The highest BCUT2D eigenvalue weighted by Gasteiger charge is 2.32. The summed E-state index contributed by atoms with van der Waals surface area (Å²) in [6.45, 7) is 5.08. The number of amides is 2. The van der Waals surface area contributed by atoms with Crippen molar-refractivity contribution in [2.24, 2.45) is 0 Å². The van der Waals surface area contributed by atoms with E-state index in [2.05, 4.69) is 63.6 Å². The summed E-state index contributed by atoms with van der Waals surface area (Å²) in [6.07, 6.45) is 0. The van der Waals surface area contributed by atoms with E-state index in [9.17, 15) is 9.59 Å². The highest BCUT2D eigenvalue weighted by Crippen LogP contribution is 2.24. The van der Waals surface area contributed by atoms with Crippen LogP contribution in [0.2, 0.25) is 0 Å². The average Bonchev–Trinajstić information content (AvgIpc) is 2.73. The third-order valence-electron chi connectivity index (χ3n) is 5.89. The zero-order valence-corrected chi connectivity index (χ0v) is 17.0. The van der Waals surface area contributed by atoms with Crippen LogP contribution in [0.5, 0.6) is 0 Å². The normalized spacial score (nSPS) is 19.9. The van der Waals surface area contributed by atoms with E-state index in [-0.39, 0.29) is 18.6 Å². The summed E-state index contributed by atoms with van der Waals surface area (Å²) in [7, 11) is 0. The van der Waals surface area contributed by atoms with Crippen molar-refractivity contribution in [2.75, 3.05) is 32.7 Å². The van der Waals surface area contributed by atoms with Crippen LogP contribution in [0.1, 0.15) is 16.7 Å². The molecule has 158 valence electrons. The number of carbonyl (C=O) groups excluding carboxylic acids is 1. The zero-order valence-electron chi connectivity index (χ0n) is 17.0. The summed E-state index contributed by atoms with van der Waals surface area (Å²) in [5.41, 5.74) is 3.96. The number of piperazine rings is 1. The largest absolute Gasteiger partial charge is 0.480 e. The smallest absolute Gasteiger partial charge is 0.323 e. The van der Waals surface area contributed by atoms with E-state index in [0.717, 1.165) is 32.7 Å². The Hall–Kier alpha value is -2.90. The lowest BCUT2D eigenvalue weighted by Gasteiger charge is -2.45. The highest BCUT2D eigenvalue weighted by atomic mass is 16.4. The number of rotatable bonds is 4. The standard InChI is InChI=1S/C23H28N4O3/c28-22(29)12-24-23(30)27-11-10-26-15-20-9-5-4-8-19(20)14-25(16-21(26)17-27)13-18-6-2-1-3-7-18/h1-9,21H,10-17H2,(H,24,30)(H,28,29). The molecule has 2 aromatic rings. The fourth-order valence-electron chi connectivity index (χ4n) is 4.37. The van der Waals surface area contributed by atoms with Gasteiger partial charge in [-0.2, -0.15) is 0 Å². The monoisotopic (exact) mass is 408 g/mol. The number of urea groups is 1. The van der Waals surface area contributed by atoms with E-state index < -0.39 is 5.97 Å². The SMILES string of the molecule is O=C(O)CNC(=O)N1CCN2Cc3ccccc3CN(Cc3ccccc3)CC2C1. The lowest BCUT2D eigenvalue weighted by atomic mass is 10.0. The van der Waals surface area contributed by atoms with Crippen molar-refractivity contribution in [1.82, 2.24) is 20.0 Å². The Bertz CT molecular complexity index is 889. The summed E-state index contributed by atoms with van der Waals surface area (Å²) in [5, 5.41) is 11.3. The van der Waals surface area contributed by atoms with E-state index in [1.807, 2.05) is 6.07 Å². The molecular weight excluding hydrogens is 380 g/mol. The third kappa shape index (κ3) is 4.98. The second-order valence-electron chi connectivity index (χ2n) is 8.05. The molecule has 4 rings (SSSR count). The van der Waals surface area contributed by atoms with E-state index in [4.69, 9.17) is 5.11 Å². The Labute approximate surface area is 176 Å². The van der Waals surface area contributed by atoms with Crippen molar-refractivity contribution in [3.05, 3.63) is 71.3 Å². The number of nitrogens with one attached hydrogen (secondary N) is 1. The highest BCUT2D eigenvalue weighted by molar-refractivity contribution is 5.80. The van der Waals surface area contributed by atoms with Crippen LogP contribution in [0.3, 0.4) is 0 Å². The lowest BCUT2D eigenvalue weighted by Crippen LogP contribution is -2.60. The Balaban J connectivity index is 1.52. The molecule has 0 saturated carbocycles. The number of benzene rings is 2. The van der Waals surface area contributed by atoms with Crippen LogP contribution in [0.25, 0.3) is 0 Å². The number of hydrogen-bond acceptors (Lipinski definition) is 4. The first-order chi connectivity index (χ1) is 14.6. The first-order valence-corrected chi connectivity index (χ1v) is 10.4. The van der Waals surface area contributed by atoms with Gasteiger partial charge >= 0.3 is 12.0 Å². The Morgan fingerprint density at radius 2 is 1.63 bits per heavy atom. The van der Waals surface area contributed by atoms with Crippen molar-refractivity contribution in [3.8, 4) is 0 Å². The zero-order chi connectivity index (χ0) is 20.9. The van der Waals surface area contributed by atoms with Crippen molar-refractivity contribution in [3.63, 3.8) is 0 Å². The van der Waals surface area contributed by atoms with Crippen LogP contribution in [0, 0.1) is 0 Å². The van der Waals surface area contributed by atoms with Gasteiger partial charge < -0.3 is 15.3 Å². The number of carbonyl (C=O) groups is 2. The van der Waals surface area contributed by atoms with Crippen LogP contribution < -0.4 is 5.32 Å². The van der Waals surface area contributed by atoms with E-state index in [1.54, 1.807) is 4.90 Å². The quantitative estimate of drug-likeness (QED) is 0.809. The van der Waals surface area contributed by atoms with Gasteiger partial charge in [-0.25, -0.2) is 4.79 Å². The molecule has 1 fully saturated rings. The number of carboxylic acid groups (broad SMARTS) is 1. The number of hydrogen-bond donors (Lipinski definition) is 2. The Kier molecular flexibility index (Phi) is 6.30. The lowest BCUT2D eigenvalue weighted by molar-refractivity contribution is -0.135. The van der Waals surface area contributed by atoms with Crippen molar-refractivity contribution in [1.29, 1.82) is 0 Å². The minimum atomic E-state index is -1.03. The van der Waals surface area contributed by atoms with Gasteiger partial charge in [0.25, 0.3) is 0 Å². The summed E-state index contributed by atoms with van der Waals surface area (Å²) in [6, 6.07) is 19.0. The van der Waals surface area contributed by atoms with Gasteiger partial charge in [0.1, 0.15) is 6.54 Å². The summed E-state index contributed by atoms with van der Waals surface area (Å²) >= 11 is 0. The molecule has 0 spiro atoms. The van der Waals surface area contributed by atoms with Crippen LogP contribution in [0.4, 0.5) is 4.79 Å². The Morgan fingerprint density at radius 1 is 0.933 bits per heavy atom. The van der Waals surface area contributed by atoms with Gasteiger partial charge in [0.2, 0.25) is 0 Å². The molecule has 0 radical (unpaired) electrons. The minimum Gasteiger partial charge on any atom is -0.480 e. The van der Waals surface area contributed by atoms with E-state index in [0.29, 0.717) is 13.1 Å². The van der Waals surface area contributed by atoms with E-state index >= 15 is 0 Å². The summed E-state index contributed by atoms with van der Waals surface area (Å²) in [4.78, 5) is 29.9. The number of aliphatic carboxylic acids is 1. The number of nitrogens with zero attached hydrogens (tertiary/aromatic N) is 3. The van der Waals surface area contributed by atoms with Crippen LogP contribution in [0.15, 0.2) is 54.6 Å². The second kappa shape index (κ2) is 9.28. The average molecular weight is 409 g/mol. The van der Waals surface area contributed by atoms with Crippen LogP contribution in [-0.4, -0.2) is 70.6 Å². The molecular formula is C23H28N4O3. The molecule has 0 bridgehead atoms. The summed E-state index contributed by atoms with van der Waals surface area (Å²) < 4.78 is 0. The molecule has 2 heterocycles. The van der Waals surface area contributed by atoms with Gasteiger partial charge in [0, 0.05) is 51.9 Å². The Morgan fingerprint density at radius 3 is 2.37 bits per heavy atom. The van der Waals surface area contributed by atoms with E-state index in [1.165, 1.54) is 16.7 Å². The molecule has 2 amide bonds. The van der Waals surface area contributed by atoms with Crippen molar-refractivity contribution >= 4 is 12.0 Å². The van der Waals surface area contributed by atoms with Crippen LogP contribution in [-0.2, 0) is 24.4 Å². The van der Waals surface area contributed by atoms with Crippen molar-refractivity contribution in [2.45, 2.75) is 25.7 Å². The predicted molar refractivity (Wildman–Crippen MR) is 114 cm³/mol. The number of fused-ring (bicyclic) bond motifs is 2. The molecule has 1 saturated heterocycles. The molecule has 1 atom stereocenters. The molecule has 1 unspecified atom stereocenters. The molecule has 0 aliphatic carbocycles. The molecule has 2 aliphatic heterocycles. The van der Waals surface area contributed by atoms with Gasteiger partial charge in [-0.3, -0.25) is 14.6 Å². The molecule has 7 nitrogen and oxygen atoms in total. The molecule has 2 aliphatic rings. The van der Waals surface area contributed by atoms with Gasteiger partial charge in [-0.05, 0) is 16.7 Å². The molecule has 7 heteroatoms. The van der Waals surface area contributed by atoms with Crippen LogP contribution >= 0.6 is 0 Å².